The summed E-state index contributed by atoms with van der Waals surface area (Å²) in [4.78, 5) is 12.3. The zero-order valence-electron chi connectivity index (χ0n) is 13.0. The lowest BCUT2D eigenvalue weighted by atomic mass is 10.1. The molecule has 1 atom stereocenters. The van der Waals surface area contributed by atoms with Crippen LogP contribution in [0.4, 0.5) is 0 Å². The average Bonchev–Trinajstić information content (AvgIpc) is 3.31. The van der Waals surface area contributed by atoms with Gasteiger partial charge in [0.05, 0.1) is 6.04 Å². The standard InChI is InChI=1S/C17H19N3O3/c1-10(12-4-5-15-16(8-12)23-7-6-22-15)18-17(21)14-9-13(19-20-14)11-2-3-11/h4-5,8-11H,2-3,6-7H2,1H3,(H,18,21)(H,19,20). The van der Waals surface area contributed by atoms with Gasteiger partial charge in [-0.25, -0.2) is 0 Å². The third kappa shape index (κ3) is 2.88. The van der Waals surface area contributed by atoms with Crippen LogP contribution >= 0.6 is 0 Å². The number of ether oxygens (including phenoxy) is 2. The van der Waals surface area contributed by atoms with Crippen molar-refractivity contribution in [1.82, 2.24) is 15.5 Å². The van der Waals surface area contributed by atoms with E-state index in [9.17, 15) is 4.79 Å². The van der Waals surface area contributed by atoms with Crippen molar-refractivity contribution in [3.05, 3.63) is 41.2 Å². The van der Waals surface area contributed by atoms with Crippen molar-refractivity contribution >= 4 is 5.91 Å². The summed E-state index contributed by atoms with van der Waals surface area (Å²) in [5.74, 6) is 1.86. The van der Waals surface area contributed by atoms with Crippen LogP contribution in [0, 0.1) is 0 Å². The Labute approximate surface area is 134 Å². The third-order valence-corrected chi connectivity index (χ3v) is 4.26. The van der Waals surface area contributed by atoms with Gasteiger partial charge in [0, 0.05) is 11.6 Å². The molecule has 6 heteroatoms. The number of nitrogens with one attached hydrogen (secondary N) is 2. The van der Waals surface area contributed by atoms with Gasteiger partial charge < -0.3 is 14.8 Å². The van der Waals surface area contributed by atoms with Crippen molar-refractivity contribution < 1.29 is 14.3 Å². The van der Waals surface area contributed by atoms with Gasteiger partial charge in [0.2, 0.25) is 0 Å². The fourth-order valence-electron chi connectivity index (χ4n) is 2.74. The Morgan fingerprint density at radius 1 is 1.26 bits per heavy atom. The van der Waals surface area contributed by atoms with Crippen molar-refractivity contribution in [2.24, 2.45) is 0 Å². The maximum Gasteiger partial charge on any atom is 0.272 e. The molecule has 23 heavy (non-hydrogen) atoms. The van der Waals surface area contributed by atoms with E-state index in [-0.39, 0.29) is 11.9 Å². The number of hydrogen-bond donors (Lipinski definition) is 2. The summed E-state index contributed by atoms with van der Waals surface area (Å²) in [7, 11) is 0. The van der Waals surface area contributed by atoms with Crippen molar-refractivity contribution in [1.29, 1.82) is 0 Å². The van der Waals surface area contributed by atoms with Crippen LogP contribution in [0.5, 0.6) is 11.5 Å². The molecule has 0 bridgehead atoms. The fraction of sp³-hybridized carbons (Fsp3) is 0.412. The Kier molecular flexibility index (Phi) is 3.44. The highest BCUT2D eigenvalue weighted by Gasteiger charge is 2.26. The van der Waals surface area contributed by atoms with E-state index in [1.807, 2.05) is 31.2 Å². The number of carbonyl (C=O) groups is 1. The maximum absolute atomic E-state index is 12.3. The molecule has 0 spiro atoms. The van der Waals surface area contributed by atoms with E-state index >= 15 is 0 Å². The van der Waals surface area contributed by atoms with Crippen LogP contribution in [0.2, 0.25) is 0 Å². The number of carbonyl (C=O) groups excluding carboxylic acids is 1. The highest BCUT2D eigenvalue weighted by Crippen LogP contribution is 2.39. The van der Waals surface area contributed by atoms with Crippen LogP contribution in [0.3, 0.4) is 0 Å². The summed E-state index contributed by atoms with van der Waals surface area (Å²) in [5.41, 5.74) is 2.47. The molecule has 0 saturated heterocycles. The van der Waals surface area contributed by atoms with E-state index in [0.717, 1.165) is 22.8 Å². The number of H-pyrrole nitrogens is 1. The highest BCUT2D eigenvalue weighted by molar-refractivity contribution is 5.92. The van der Waals surface area contributed by atoms with Gasteiger partial charge in [-0.3, -0.25) is 9.89 Å². The monoisotopic (exact) mass is 313 g/mol. The van der Waals surface area contributed by atoms with Gasteiger partial charge in [-0.2, -0.15) is 5.10 Å². The summed E-state index contributed by atoms with van der Waals surface area (Å²) in [6.07, 6.45) is 2.35. The molecule has 1 aliphatic carbocycles. The molecule has 6 nitrogen and oxygen atoms in total. The molecule has 1 saturated carbocycles. The van der Waals surface area contributed by atoms with Crippen LogP contribution in [-0.4, -0.2) is 29.3 Å². The van der Waals surface area contributed by atoms with E-state index in [2.05, 4.69) is 15.5 Å². The molecule has 1 aromatic carbocycles. The van der Waals surface area contributed by atoms with Crippen molar-refractivity contribution in [2.45, 2.75) is 31.7 Å². The molecule has 4 rings (SSSR count). The minimum atomic E-state index is -0.171. The summed E-state index contributed by atoms with van der Waals surface area (Å²) >= 11 is 0. The largest absolute Gasteiger partial charge is 0.486 e. The van der Waals surface area contributed by atoms with Crippen LogP contribution < -0.4 is 14.8 Å². The zero-order valence-corrected chi connectivity index (χ0v) is 13.0. The molecule has 1 unspecified atom stereocenters. The fourth-order valence-corrected chi connectivity index (χ4v) is 2.74. The number of aromatic nitrogens is 2. The van der Waals surface area contributed by atoms with Gasteiger partial charge in [-0.1, -0.05) is 6.07 Å². The zero-order chi connectivity index (χ0) is 15.8. The summed E-state index contributed by atoms with van der Waals surface area (Å²) in [6, 6.07) is 7.45. The first kappa shape index (κ1) is 14.1. The second-order valence-electron chi connectivity index (χ2n) is 6.08. The normalized spacial score (nSPS) is 17.6. The Hall–Kier alpha value is -2.50. The number of rotatable bonds is 4. The van der Waals surface area contributed by atoms with E-state index in [4.69, 9.17) is 9.47 Å². The lowest BCUT2D eigenvalue weighted by Crippen LogP contribution is -2.27. The van der Waals surface area contributed by atoms with Gasteiger partial charge in [0.1, 0.15) is 18.9 Å². The second-order valence-corrected chi connectivity index (χ2v) is 6.08. The minimum absolute atomic E-state index is 0.139. The molecule has 2 N–H and O–H groups in total. The molecule has 1 aliphatic heterocycles. The quantitative estimate of drug-likeness (QED) is 0.909. The van der Waals surface area contributed by atoms with Crippen LogP contribution in [0.25, 0.3) is 0 Å². The molecular formula is C17H19N3O3. The van der Waals surface area contributed by atoms with Crippen molar-refractivity contribution in [2.75, 3.05) is 13.2 Å². The van der Waals surface area contributed by atoms with Crippen molar-refractivity contribution in [3.8, 4) is 11.5 Å². The first-order chi connectivity index (χ1) is 11.2. The Balaban J connectivity index is 1.45. The average molecular weight is 313 g/mol. The molecule has 2 aliphatic rings. The molecule has 2 aromatic rings. The number of aromatic amines is 1. The van der Waals surface area contributed by atoms with Crippen LogP contribution in [-0.2, 0) is 0 Å². The minimum Gasteiger partial charge on any atom is -0.486 e. The van der Waals surface area contributed by atoms with Gasteiger partial charge in [0.15, 0.2) is 11.5 Å². The lowest BCUT2D eigenvalue weighted by molar-refractivity contribution is 0.0934. The van der Waals surface area contributed by atoms with Gasteiger partial charge in [0.25, 0.3) is 5.91 Å². The Bertz CT molecular complexity index is 736. The summed E-state index contributed by atoms with van der Waals surface area (Å²) < 4.78 is 11.1. The van der Waals surface area contributed by atoms with Gasteiger partial charge in [-0.15, -0.1) is 0 Å². The van der Waals surface area contributed by atoms with E-state index in [1.165, 1.54) is 12.8 Å². The van der Waals surface area contributed by atoms with E-state index < -0.39 is 0 Å². The molecular weight excluding hydrogens is 294 g/mol. The Morgan fingerprint density at radius 3 is 2.83 bits per heavy atom. The lowest BCUT2D eigenvalue weighted by Gasteiger charge is -2.21. The molecule has 1 aromatic heterocycles. The molecule has 0 radical (unpaired) electrons. The Morgan fingerprint density at radius 2 is 2.04 bits per heavy atom. The topological polar surface area (TPSA) is 76.2 Å². The number of amides is 1. The van der Waals surface area contributed by atoms with Crippen molar-refractivity contribution in [3.63, 3.8) is 0 Å². The first-order valence-corrected chi connectivity index (χ1v) is 7.96. The highest BCUT2D eigenvalue weighted by atomic mass is 16.6. The molecule has 2 heterocycles. The summed E-state index contributed by atoms with van der Waals surface area (Å²) in [5, 5.41) is 10.0. The number of benzene rings is 1. The maximum atomic E-state index is 12.3. The second kappa shape index (κ2) is 5.61. The summed E-state index contributed by atoms with van der Waals surface area (Å²) in [6.45, 7) is 3.06. The molecule has 120 valence electrons. The number of hydrogen-bond acceptors (Lipinski definition) is 4. The third-order valence-electron chi connectivity index (χ3n) is 4.26. The van der Waals surface area contributed by atoms with E-state index in [0.29, 0.717) is 24.8 Å². The van der Waals surface area contributed by atoms with Crippen LogP contribution in [0.15, 0.2) is 24.3 Å². The molecule has 1 fully saturated rings. The molecule has 1 amide bonds. The van der Waals surface area contributed by atoms with E-state index in [1.54, 1.807) is 0 Å². The predicted molar refractivity (Wildman–Crippen MR) is 83.9 cm³/mol. The SMILES string of the molecule is CC(NC(=O)c1cc(C2CC2)[nH]n1)c1ccc2c(c1)OCCO2. The number of nitrogens with zero attached hydrogens (tertiary/aromatic N) is 1. The van der Waals surface area contributed by atoms with Crippen LogP contribution in [0.1, 0.15) is 53.5 Å². The smallest absolute Gasteiger partial charge is 0.272 e. The van der Waals surface area contributed by atoms with Gasteiger partial charge >= 0.3 is 0 Å². The first-order valence-electron chi connectivity index (χ1n) is 7.96. The number of fused-ring (bicyclic) bond motifs is 1. The van der Waals surface area contributed by atoms with Gasteiger partial charge in [-0.05, 0) is 43.5 Å². The predicted octanol–water partition coefficient (Wildman–Crippen LogP) is 2.55.